The Labute approximate surface area is 187 Å². The van der Waals surface area contributed by atoms with E-state index < -0.39 is 10.0 Å². The van der Waals surface area contributed by atoms with Crippen LogP contribution in [-0.2, 0) is 32.8 Å². The summed E-state index contributed by atoms with van der Waals surface area (Å²) in [7, 11) is -1.87. The third-order valence-electron chi connectivity index (χ3n) is 5.36. The minimum atomic E-state index is -3.54. The Morgan fingerprint density at radius 2 is 1.94 bits per heavy atom. The van der Waals surface area contributed by atoms with Crippen LogP contribution in [0.3, 0.4) is 0 Å². The lowest BCUT2D eigenvalue weighted by molar-refractivity contribution is 0.0730. The largest absolute Gasteiger partial charge is 0.497 e. The molecule has 4 rings (SSSR count). The Hall–Kier alpha value is -2.07. The van der Waals surface area contributed by atoms with Gasteiger partial charge in [-0.3, -0.25) is 0 Å². The third-order valence-corrected chi connectivity index (χ3v) is 8.25. The van der Waals surface area contributed by atoms with Gasteiger partial charge in [0.05, 0.1) is 42.0 Å². The fourth-order valence-corrected chi connectivity index (χ4v) is 6.09. The van der Waals surface area contributed by atoms with Crippen molar-refractivity contribution >= 4 is 32.8 Å². The average molecular weight is 462 g/mol. The molecule has 7 nitrogen and oxygen atoms in total. The van der Waals surface area contributed by atoms with E-state index in [2.05, 4.69) is 17.6 Å². The molecule has 0 bridgehead atoms. The smallest absolute Gasteiger partial charge is 0.243 e. The lowest BCUT2D eigenvalue weighted by atomic mass is 10.2. The molecule has 31 heavy (non-hydrogen) atoms. The van der Waals surface area contributed by atoms with E-state index in [1.807, 2.05) is 24.3 Å². The molecule has 1 aromatic heterocycles. The topological polar surface area (TPSA) is 73.7 Å². The lowest BCUT2D eigenvalue weighted by Crippen LogP contribution is -2.40. The van der Waals surface area contributed by atoms with Gasteiger partial charge in [-0.1, -0.05) is 12.1 Å². The van der Waals surface area contributed by atoms with Crippen molar-refractivity contribution in [2.75, 3.05) is 33.4 Å². The Morgan fingerprint density at radius 1 is 1.13 bits per heavy atom. The maximum Gasteiger partial charge on any atom is 0.243 e. The number of aryl methyl sites for hydroxylation is 1. The number of morpholine rings is 1. The van der Waals surface area contributed by atoms with Crippen molar-refractivity contribution in [2.24, 2.45) is 0 Å². The van der Waals surface area contributed by atoms with E-state index in [0.717, 1.165) is 35.1 Å². The molecule has 1 aliphatic rings. The van der Waals surface area contributed by atoms with Crippen LogP contribution in [0.4, 0.5) is 0 Å². The molecule has 1 saturated heterocycles. The molecule has 2 heterocycles. The van der Waals surface area contributed by atoms with Gasteiger partial charge >= 0.3 is 0 Å². The molecule has 0 radical (unpaired) electrons. The van der Waals surface area contributed by atoms with Crippen molar-refractivity contribution in [3.63, 3.8) is 0 Å². The summed E-state index contributed by atoms with van der Waals surface area (Å²) in [5, 5.41) is 0. The number of ether oxygens (including phenoxy) is 2. The number of hydrogen-bond acceptors (Lipinski definition) is 6. The lowest BCUT2D eigenvalue weighted by Gasteiger charge is -2.26. The highest BCUT2D eigenvalue weighted by Gasteiger charge is 2.27. The molecule has 9 heteroatoms. The fraction of sp³-hybridized carbons (Fsp3) is 0.409. The number of nitrogens with zero attached hydrogens (tertiary/aromatic N) is 3. The van der Waals surface area contributed by atoms with Crippen LogP contribution < -0.4 is 4.74 Å². The van der Waals surface area contributed by atoms with E-state index in [9.17, 15) is 8.42 Å². The molecular formula is C22H27N3O4S2. The van der Waals surface area contributed by atoms with Crippen LogP contribution in [0.1, 0.15) is 18.3 Å². The van der Waals surface area contributed by atoms with E-state index in [1.54, 1.807) is 31.0 Å². The number of thioether (sulfide) groups is 1. The molecule has 3 aromatic rings. The zero-order valence-electron chi connectivity index (χ0n) is 17.8. The van der Waals surface area contributed by atoms with E-state index in [4.69, 9.17) is 14.5 Å². The zero-order chi connectivity index (χ0) is 21.8. The van der Waals surface area contributed by atoms with Gasteiger partial charge in [0.15, 0.2) is 0 Å². The highest BCUT2D eigenvalue weighted by Crippen LogP contribution is 2.26. The molecule has 0 atom stereocenters. The number of fused-ring (bicyclic) bond motifs is 1. The van der Waals surface area contributed by atoms with Gasteiger partial charge in [-0.2, -0.15) is 4.31 Å². The summed E-state index contributed by atoms with van der Waals surface area (Å²) in [6.45, 7) is 4.49. The molecule has 1 aliphatic heterocycles. The minimum Gasteiger partial charge on any atom is -0.497 e. The Morgan fingerprint density at radius 3 is 2.68 bits per heavy atom. The van der Waals surface area contributed by atoms with E-state index in [-0.39, 0.29) is 0 Å². The quantitative estimate of drug-likeness (QED) is 0.511. The van der Waals surface area contributed by atoms with Crippen LogP contribution >= 0.6 is 11.8 Å². The normalized spacial score (nSPS) is 15.4. The SMILES string of the molecule is CCn1c(CSCc2cccc(OC)c2)nc2cc(S(=O)(=O)N3CCOCC3)ccc21. The molecule has 0 N–H and O–H groups in total. The first kappa shape index (κ1) is 22.1. The summed E-state index contributed by atoms with van der Waals surface area (Å²) in [5.41, 5.74) is 2.87. The Bertz CT molecular complexity index is 1150. The van der Waals surface area contributed by atoms with Gasteiger partial charge in [0.1, 0.15) is 11.6 Å². The number of benzene rings is 2. The maximum absolute atomic E-state index is 13.0. The Balaban J connectivity index is 1.54. The summed E-state index contributed by atoms with van der Waals surface area (Å²) in [5.74, 6) is 3.39. The first-order chi connectivity index (χ1) is 15.0. The van der Waals surface area contributed by atoms with E-state index in [1.165, 1.54) is 9.87 Å². The van der Waals surface area contributed by atoms with Crippen LogP contribution in [0, 0.1) is 0 Å². The van der Waals surface area contributed by atoms with Gasteiger partial charge in [-0.05, 0) is 42.8 Å². The van der Waals surface area contributed by atoms with Crippen LogP contribution in [-0.4, -0.2) is 55.7 Å². The molecule has 0 spiro atoms. The van der Waals surface area contributed by atoms with Gasteiger partial charge in [0.2, 0.25) is 10.0 Å². The number of imidazole rings is 1. The average Bonchev–Trinajstić information content (AvgIpc) is 3.16. The van der Waals surface area contributed by atoms with Crippen molar-refractivity contribution in [1.29, 1.82) is 0 Å². The maximum atomic E-state index is 13.0. The Kier molecular flexibility index (Phi) is 6.86. The number of aromatic nitrogens is 2. The van der Waals surface area contributed by atoms with Crippen LogP contribution in [0.25, 0.3) is 11.0 Å². The number of sulfonamides is 1. The molecule has 1 fully saturated rings. The zero-order valence-corrected chi connectivity index (χ0v) is 19.4. The summed E-state index contributed by atoms with van der Waals surface area (Å²) in [4.78, 5) is 5.07. The highest BCUT2D eigenvalue weighted by atomic mass is 32.2. The van der Waals surface area contributed by atoms with Gasteiger partial charge < -0.3 is 14.0 Å². The fourth-order valence-electron chi connectivity index (χ4n) is 3.74. The summed E-state index contributed by atoms with van der Waals surface area (Å²) in [6.07, 6.45) is 0. The minimum absolute atomic E-state index is 0.290. The van der Waals surface area contributed by atoms with Crippen LogP contribution in [0.15, 0.2) is 47.4 Å². The summed E-state index contributed by atoms with van der Waals surface area (Å²) >= 11 is 1.78. The number of rotatable bonds is 8. The van der Waals surface area contributed by atoms with Gasteiger partial charge in [0.25, 0.3) is 0 Å². The second-order valence-corrected chi connectivity index (χ2v) is 10.2. The van der Waals surface area contributed by atoms with Gasteiger partial charge in [0, 0.05) is 25.4 Å². The van der Waals surface area contributed by atoms with Crippen molar-refractivity contribution in [2.45, 2.75) is 29.9 Å². The second kappa shape index (κ2) is 9.60. The summed E-state index contributed by atoms with van der Waals surface area (Å²) < 4.78 is 40.2. The molecule has 0 saturated carbocycles. The van der Waals surface area contributed by atoms with Crippen molar-refractivity contribution < 1.29 is 17.9 Å². The van der Waals surface area contributed by atoms with Crippen molar-refractivity contribution in [3.05, 3.63) is 53.9 Å². The standard InChI is InChI=1S/C22H27N3O4S2/c1-3-25-21-8-7-19(31(26,27)24-9-11-29-12-10-24)14-20(21)23-22(25)16-30-15-17-5-4-6-18(13-17)28-2/h4-8,13-14H,3,9-12,15-16H2,1-2H3. The monoisotopic (exact) mass is 461 g/mol. The first-order valence-electron chi connectivity index (χ1n) is 10.3. The summed E-state index contributed by atoms with van der Waals surface area (Å²) in [6, 6.07) is 13.3. The molecule has 0 amide bonds. The molecule has 166 valence electrons. The second-order valence-electron chi connectivity index (χ2n) is 7.28. The van der Waals surface area contributed by atoms with E-state index in [0.29, 0.717) is 36.7 Å². The number of hydrogen-bond donors (Lipinski definition) is 0. The third kappa shape index (κ3) is 4.74. The predicted molar refractivity (Wildman–Crippen MR) is 123 cm³/mol. The van der Waals surface area contributed by atoms with Gasteiger partial charge in [-0.15, -0.1) is 11.8 Å². The van der Waals surface area contributed by atoms with E-state index >= 15 is 0 Å². The molecular weight excluding hydrogens is 434 g/mol. The first-order valence-corrected chi connectivity index (χ1v) is 12.9. The highest BCUT2D eigenvalue weighted by molar-refractivity contribution is 7.97. The molecule has 2 aromatic carbocycles. The molecule has 0 unspecified atom stereocenters. The molecule has 0 aliphatic carbocycles. The van der Waals surface area contributed by atoms with Crippen molar-refractivity contribution in [3.8, 4) is 5.75 Å². The number of methoxy groups -OCH3 is 1. The predicted octanol–water partition coefficient (Wildman–Crippen LogP) is 3.52. The van der Waals surface area contributed by atoms with Crippen molar-refractivity contribution in [1.82, 2.24) is 13.9 Å². The van der Waals surface area contributed by atoms with Crippen LogP contribution in [0.2, 0.25) is 0 Å². The van der Waals surface area contributed by atoms with Gasteiger partial charge in [-0.25, -0.2) is 13.4 Å². The van der Waals surface area contributed by atoms with Crippen LogP contribution in [0.5, 0.6) is 5.75 Å².